The van der Waals surface area contributed by atoms with E-state index in [4.69, 9.17) is 10.5 Å². The standard InChI is InChI=1S/C14H30N4O2.HI/c1-6-8-9-11(18-12(15)16-7-2)10-17-13(19)20-14(3,4)5;/h11H,6-10H2,1-5H3,(H,17,19)(H3,15,16,18);1H. The normalized spacial score (nSPS) is 13.1. The topological polar surface area (TPSA) is 88.7 Å². The van der Waals surface area contributed by atoms with E-state index in [1.54, 1.807) is 0 Å². The summed E-state index contributed by atoms with van der Waals surface area (Å²) in [6.07, 6.45) is 2.67. The molecule has 21 heavy (non-hydrogen) atoms. The maximum Gasteiger partial charge on any atom is 0.407 e. The number of unbranched alkanes of at least 4 members (excludes halogenated alkanes) is 1. The highest BCUT2D eigenvalue weighted by Crippen LogP contribution is 2.06. The van der Waals surface area contributed by atoms with E-state index in [2.05, 4.69) is 22.5 Å². The van der Waals surface area contributed by atoms with Crippen LogP contribution in [-0.4, -0.2) is 36.8 Å². The summed E-state index contributed by atoms with van der Waals surface area (Å²) in [6.45, 7) is 10.7. The Morgan fingerprint density at radius 3 is 2.43 bits per heavy atom. The van der Waals surface area contributed by atoms with Gasteiger partial charge in [0.2, 0.25) is 0 Å². The second-order valence-electron chi connectivity index (χ2n) is 5.73. The Bertz CT molecular complexity index is 317. The van der Waals surface area contributed by atoms with Gasteiger partial charge in [-0.1, -0.05) is 19.8 Å². The molecule has 0 radical (unpaired) electrons. The molecule has 0 saturated heterocycles. The lowest BCUT2D eigenvalue weighted by atomic mass is 10.1. The Kier molecular flexibility index (Phi) is 12.8. The van der Waals surface area contributed by atoms with Gasteiger partial charge in [-0.15, -0.1) is 24.0 Å². The number of hydrogen-bond acceptors (Lipinski definition) is 3. The van der Waals surface area contributed by atoms with Gasteiger partial charge in [-0.2, -0.15) is 0 Å². The third-order valence-corrected chi connectivity index (χ3v) is 2.48. The lowest BCUT2D eigenvalue weighted by Crippen LogP contribution is -2.47. The van der Waals surface area contributed by atoms with Crippen LogP contribution in [-0.2, 0) is 4.74 Å². The zero-order valence-electron chi connectivity index (χ0n) is 13.9. The first-order valence-corrected chi connectivity index (χ1v) is 7.31. The minimum absolute atomic E-state index is 0. The molecule has 0 rings (SSSR count). The first-order chi connectivity index (χ1) is 9.28. The van der Waals surface area contributed by atoms with Crippen LogP contribution in [0.3, 0.4) is 0 Å². The molecular formula is C14H31IN4O2. The molecule has 0 aliphatic rings. The summed E-state index contributed by atoms with van der Waals surface area (Å²) >= 11 is 0. The lowest BCUT2D eigenvalue weighted by molar-refractivity contribution is 0.0523. The summed E-state index contributed by atoms with van der Waals surface area (Å²) in [6, 6.07) is 0.0674. The van der Waals surface area contributed by atoms with E-state index in [0.29, 0.717) is 19.0 Å². The van der Waals surface area contributed by atoms with Gasteiger partial charge in [0.15, 0.2) is 5.96 Å². The summed E-state index contributed by atoms with van der Waals surface area (Å²) in [5.41, 5.74) is 5.27. The molecular weight excluding hydrogens is 383 g/mol. The summed E-state index contributed by atoms with van der Waals surface area (Å²) in [7, 11) is 0. The molecule has 0 saturated carbocycles. The molecule has 126 valence electrons. The van der Waals surface area contributed by atoms with E-state index in [1.165, 1.54) is 0 Å². The first kappa shape index (κ1) is 22.5. The Morgan fingerprint density at radius 2 is 1.95 bits per heavy atom. The van der Waals surface area contributed by atoms with Gasteiger partial charge in [-0.05, 0) is 34.1 Å². The van der Waals surface area contributed by atoms with Crippen LogP contribution in [0, 0.1) is 0 Å². The summed E-state index contributed by atoms with van der Waals surface area (Å²) in [5, 5.41) is 5.89. The molecule has 1 amide bonds. The lowest BCUT2D eigenvalue weighted by Gasteiger charge is -2.23. The fraction of sp³-hybridized carbons (Fsp3) is 0.857. The van der Waals surface area contributed by atoms with E-state index in [9.17, 15) is 4.79 Å². The molecule has 0 spiro atoms. The maximum absolute atomic E-state index is 11.6. The minimum Gasteiger partial charge on any atom is -0.444 e. The highest BCUT2D eigenvalue weighted by molar-refractivity contribution is 14.0. The zero-order chi connectivity index (χ0) is 15.6. The van der Waals surface area contributed by atoms with Crippen molar-refractivity contribution in [3.8, 4) is 0 Å². The summed E-state index contributed by atoms with van der Waals surface area (Å²) < 4.78 is 5.21. The van der Waals surface area contributed by atoms with Gasteiger partial charge in [0, 0.05) is 19.1 Å². The molecule has 0 aliphatic heterocycles. The second kappa shape index (κ2) is 11.9. The Hall–Kier alpha value is -0.730. The summed E-state index contributed by atoms with van der Waals surface area (Å²) in [5.74, 6) is 0.416. The van der Waals surface area contributed by atoms with Crippen molar-refractivity contribution in [3.63, 3.8) is 0 Å². The van der Waals surface area contributed by atoms with Gasteiger partial charge in [0.05, 0.1) is 0 Å². The maximum atomic E-state index is 11.6. The van der Waals surface area contributed by atoms with Gasteiger partial charge in [-0.25, -0.2) is 4.79 Å². The number of carbonyl (C=O) groups excluding carboxylic acids is 1. The average molecular weight is 414 g/mol. The van der Waals surface area contributed by atoms with Crippen molar-refractivity contribution in [1.82, 2.24) is 10.6 Å². The smallest absolute Gasteiger partial charge is 0.407 e. The van der Waals surface area contributed by atoms with Gasteiger partial charge in [0.1, 0.15) is 5.60 Å². The van der Waals surface area contributed by atoms with Gasteiger partial charge >= 0.3 is 6.09 Å². The predicted octanol–water partition coefficient (Wildman–Crippen LogP) is 2.61. The zero-order valence-corrected chi connectivity index (χ0v) is 16.2. The molecule has 0 aromatic carbocycles. The molecule has 0 heterocycles. The molecule has 4 N–H and O–H groups in total. The van der Waals surface area contributed by atoms with E-state index in [1.807, 2.05) is 27.7 Å². The molecule has 0 aromatic rings. The number of guanidine groups is 1. The quantitative estimate of drug-likeness (QED) is 0.340. The number of carbonyl (C=O) groups is 1. The molecule has 7 heteroatoms. The Balaban J connectivity index is 0. The number of rotatable bonds is 7. The number of nitrogens with two attached hydrogens (primary N) is 1. The van der Waals surface area contributed by atoms with Crippen molar-refractivity contribution in [2.24, 2.45) is 10.7 Å². The highest BCUT2D eigenvalue weighted by Gasteiger charge is 2.17. The second-order valence-corrected chi connectivity index (χ2v) is 5.73. The van der Waals surface area contributed by atoms with Gasteiger partial charge in [0.25, 0.3) is 0 Å². The Labute approximate surface area is 145 Å². The van der Waals surface area contributed by atoms with Gasteiger partial charge in [-0.3, -0.25) is 4.99 Å². The number of ether oxygens (including phenoxy) is 1. The number of nitrogens with zero attached hydrogens (tertiary/aromatic N) is 1. The van der Waals surface area contributed by atoms with Crippen LogP contribution in [0.2, 0.25) is 0 Å². The van der Waals surface area contributed by atoms with Crippen LogP contribution in [0.1, 0.15) is 53.9 Å². The highest BCUT2D eigenvalue weighted by atomic mass is 127. The number of nitrogens with one attached hydrogen (secondary N) is 2. The van der Waals surface area contributed by atoms with E-state index < -0.39 is 11.7 Å². The summed E-state index contributed by atoms with van der Waals surface area (Å²) in [4.78, 5) is 15.7. The first-order valence-electron chi connectivity index (χ1n) is 7.31. The van der Waals surface area contributed by atoms with Crippen molar-refractivity contribution in [2.75, 3.05) is 13.1 Å². The van der Waals surface area contributed by atoms with Gasteiger partial charge < -0.3 is 21.1 Å². The SMILES string of the molecule is CCCCC(CNC(=O)OC(C)(C)C)NC(N)=NCC.I. The number of amides is 1. The molecule has 0 bridgehead atoms. The third-order valence-electron chi connectivity index (χ3n) is 2.48. The van der Waals surface area contributed by atoms with Crippen LogP contribution >= 0.6 is 24.0 Å². The Morgan fingerprint density at radius 1 is 1.33 bits per heavy atom. The molecule has 0 aliphatic carbocycles. The molecule has 1 unspecified atom stereocenters. The van der Waals surface area contributed by atoms with Crippen LogP contribution in [0.15, 0.2) is 4.99 Å². The van der Waals surface area contributed by atoms with Crippen LogP contribution < -0.4 is 16.4 Å². The van der Waals surface area contributed by atoms with E-state index in [0.717, 1.165) is 19.3 Å². The monoisotopic (exact) mass is 414 g/mol. The van der Waals surface area contributed by atoms with Crippen LogP contribution in [0.5, 0.6) is 0 Å². The van der Waals surface area contributed by atoms with Crippen LogP contribution in [0.4, 0.5) is 4.79 Å². The predicted molar refractivity (Wildman–Crippen MR) is 98.3 cm³/mol. The van der Waals surface area contributed by atoms with E-state index >= 15 is 0 Å². The molecule has 0 fully saturated rings. The molecule has 0 aromatic heterocycles. The number of halogens is 1. The van der Waals surface area contributed by atoms with Crippen molar-refractivity contribution < 1.29 is 9.53 Å². The van der Waals surface area contributed by atoms with E-state index in [-0.39, 0.29) is 30.0 Å². The number of alkyl carbamates (subject to hydrolysis) is 1. The van der Waals surface area contributed by atoms with Crippen molar-refractivity contribution >= 4 is 36.0 Å². The van der Waals surface area contributed by atoms with Crippen LogP contribution in [0.25, 0.3) is 0 Å². The fourth-order valence-corrected chi connectivity index (χ4v) is 1.62. The largest absolute Gasteiger partial charge is 0.444 e. The van der Waals surface area contributed by atoms with Crippen molar-refractivity contribution in [2.45, 2.75) is 65.5 Å². The number of aliphatic imine (C=N–C) groups is 1. The molecule has 1 atom stereocenters. The number of hydrogen-bond donors (Lipinski definition) is 3. The van der Waals surface area contributed by atoms with Crippen molar-refractivity contribution in [3.05, 3.63) is 0 Å². The minimum atomic E-state index is -0.487. The van der Waals surface area contributed by atoms with Crippen molar-refractivity contribution in [1.29, 1.82) is 0 Å². The third kappa shape index (κ3) is 14.0. The average Bonchev–Trinajstić information content (AvgIpc) is 2.30. The fourth-order valence-electron chi connectivity index (χ4n) is 1.62. The molecule has 6 nitrogen and oxygen atoms in total.